The third-order valence-electron chi connectivity index (χ3n) is 4.78. The van der Waals surface area contributed by atoms with Crippen LogP contribution in [0.3, 0.4) is 0 Å². The van der Waals surface area contributed by atoms with Crippen LogP contribution in [0.1, 0.15) is 32.0 Å². The van der Waals surface area contributed by atoms with Gasteiger partial charge in [0.25, 0.3) is 0 Å². The van der Waals surface area contributed by atoms with Crippen LogP contribution >= 0.6 is 23.1 Å². The van der Waals surface area contributed by atoms with Gasteiger partial charge in [-0.3, -0.25) is 14.3 Å². The summed E-state index contributed by atoms with van der Waals surface area (Å²) in [5.41, 5.74) is 2.90. The van der Waals surface area contributed by atoms with E-state index in [4.69, 9.17) is 9.40 Å². The highest BCUT2D eigenvalue weighted by Gasteiger charge is 2.21. The summed E-state index contributed by atoms with van der Waals surface area (Å²) in [5, 5.41) is 12.1. The molecule has 0 aliphatic heterocycles. The Morgan fingerprint density at radius 2 is 2.03 bits per heavy atom. The number of amides is 1. The van der Waals surface area contributed by atoms with Crippen LogP contribution in [0.2, 0.25) is 0 Å². The number of anilines is 2. The molecule has 4 aromatic rings. The van der Waals surface area contributed by atoms with E-state index in [1.807, 2.05) is 46.3 Å². The standard InChI is InChI=1S/C22H23N5O2S2/c1-4-16-9-6-7-10-18(16)27(15(3)28)21-23-17(13-30-21)14-31-22-25-24-20(26(22)5-2)19-11-8-12-29-19/h6-13H,4-5,14H2,1-3H3. The number of aryl methyl sites for hydroxylation is 1. The van der Waals surface area contributed by atoms with Crippen molar-refractivity contribution in [3.8, 4) is 11.6 Å². The summed E-state index contributed by atoms with van der Waals surface area (Å²) >= 11 is 3.04. The summed E-state index contributed by atoms with van der Waals surface area (Å²) in [5.74, 6) is 1.99. The zero-order chi connectivity index (χ0) is 21.8. The molecule has 3 aromatic heterocycles. The molecule has 0 spiro atoms. The van der Waals surface area contributed by atoms with Crippen molar-refractivity contribution in [2.24, 2.45) is 0 Å². The number of carbonyl (C=O) groups is 1. The maximum absolute atomic E-state index is 12.5. The van der Waals surface area contributed by atoms with Gasteiger partial charge < -0.3 is 4.42 Å². The minimum Gasteiger partial charge on any atom is -0.461 e. The Morgan fingerprint density at radius 3 is 2.74 bits per heavy atom. The summed E-state index contributed by atoms with van der Waals surface area (Å²) in [6, 6.07) is 11.7. The third kappa shape index (κ3) is 4.42. The van der Waals surface area contributed by atoms with Crippen LogP contribution in [-0.2, 0) is 23.5 Å². The molecule has 160 valence electrons. The van der Waals surface area contributed by atoms with Crippen LogP contribution < -0.4 is 4.90 Å². The van der Waals surface area contributed by atoms with Gasteiger partial charge in [0.2, 0.25) is 5.91 Å². The Hall–Kier alpha value is -2.91. The Bertz CT molecular complexity index is 1170. The first kappa shape index (κ1) is 21.3. The summed E-state index contributed by atoms with van der Waals surface area (Å²) in [4.78, 5) is 18.9. The lowest BCUT2D eigenvalue weighted by molar-refractivity contribution is -0.115. The summed E-state index contributed by atoms with van der Waals surface area (Å²) in [6.07, 6.45) is 2.48. The van der Waals surface area contributed by atoms with E-state index in [-0.39, 0.29) is 5.91 Å². The van der Waals surface area contributed by atoms with Crippen LogP contribution in [-0.4, -0.2) is 25.7 Å². The molecule has 0 radical (unpaired) electrons. The largest absolute Gasteiger partial charge is 0.461 e. The van der Waals surface area contributed by atoms with Crippen molar-refractivity contribution in [3.05, 3.63) is 59.3 Å². The molecule has 1 amide bonds. The fourth-order valence-electron chi connectivity index (χ4n) is 3.31. The molecule has 0 aliphatic rings. The predicted octanol–water partition coefficient (Wildman–Crippen LogP) is 5.55. The van der Waals surface area contributed by atoms with Gasteiger partial charge in [-0.05, 0) is 37.1 Å². The van der Waals surface area contributed by atoms with Crippen LogP contribution in [0.15, 0.2) is 57.6 Å². The first-order valence-electron chi connectivity index (χ1n) is 10.0. The van der Waals surface area contributed by atoms with Crippen molar-refractivity contribution in [2.75, 3.05) is 4.90 Å². The zero-order valence-electron chi connectivity index (χ0n) is 17.6. The molecule has 0 aliphatic carbocycles. The second kappa shape index (κ2) is 9.49. The van der Waals surface area contributed by atoms with E-state index in [1.165, 1.54) is 11.3 Å². The van der Waals surface area contributed by atoms with E-state index in [0.29, 0.717) is 22.5 Å². The van der Waals surface area contributed by atoms with Crippen LogP contribution in [0.4, 0.5) is 10.8 Å². The van der Waals surface area contributed by atoms with Crippen LogP contribution in [0, 0.1) is 0 Å². The molecule has 7 nitrogen and oxygen atoms in total. The molecule has 9 heteroatoms. The van der Waals surface area contributed by atoms with Crippen molar-refractivity contribution in [2.45, 2.75) is 44.6 Å². The lowest BCUT2D eigenvalue weighted by Crippen LogP contribution is -2.23. The number of rotatable bonds is 8. The lowest BCUT2D eigenvalue weighted by Gasteiger charge is -2.20. The number of benzene rings is 1. The minimum absolute atomic E-state index is 0.0525. The van der Waals surface area contributed by atoms with E-state index >= 15 is 0 Å². The van der Waals surface area contributed by atoms with Gasteiger partial charge in [-0.25, -0.2) is 4.98 Å². The molecule has 0 atom stereocenters. The van der Waals surface area contributed by atoms with E-state index in [2.05, 4.69) is 24.0 Å². The number of nitrogens with zero attached hydrogens (tertiary/aromatic N) is 5. The molecule has 0 saturated carbocycles. The quantitative estimate of drug-likeness (QED) is 0.325. The van der Waals surface area contributed by atoms with Crippen molar-refractivity contribution >= 4 is 39.8 Å². The van der Waals surface area contributed by atoms with E-state index in [0.717, 1.165) is 35.1 Å². The average Bonchev–Trinajstić information content (AvgIpc) is 3.53. The molecule has 1 aromatic carbocycles. The number of para-hydroxylation sites is 1. The topological polar surface area (TPSA) is 77.1 Å². The van der Waals surface area contributed by atoms with Gasteiger partial charge in [-0.2, -0.15) is 0 Å². The van der Waals surface area contributed by atoms with Gasteiger partial charge in [0.1, 0.15) is 0 Å². The fourth-order valence-corrected chi connectivity index (χ4v) is 5.19. The Balaban J connectivity index is 1.54. The number of aromatic nitrogens is 4. The molecule has 0 N–H and O–H groups in total. The number of hydrogen-bond donors (Lipinski definition) is 0. The Labute approximate surface area is 189 Å². The van der Waals surface area contributed by atoms with Gasteiger partial charge in [0, 0.05) is 24.6 Å². The molecule has 0 fully saturated rings. The molecule has 3 heterocycles. The van der Waals surface area contributed by atoms with Gasteiger partial charge in [0.05, 0.1) is 17.6 Å². The van der Waals surface area contributed by atoms with Gasteiger partial charge in [-0.1, -0.05) is 36.9 Å². The highest BCUT2D eigenvalue weighted by Crippen LogP contribution is 2.33. The molecule has 0 saturated heterocycles. The Morgan fingerprint density at radius 1 is 1.19 bits per heavy atom. The van der Waals surface area contributed by atoms with E-state index < -0.39 is 0 Å². The second-order valence-electron chi connectivity index (χ2n) is 6.77. The number of carbonyl (C=O) groups excluding carboxylic acids is 1. The summed E-state index contributed by atoms with van der Waals surface area (Å²) in [6.45, 7) is 6.44. The maximum Gasteiger partial charge on any atom is 0.230 e. The summed E-state index contributed by atoms with van der Waals surface area (Å²) in [7, 11) is 0. The van der Waals surface area contributed by atoms with E-state index in [9.17, 15) is 4.79 Å². The van der Waals surface area contributed by atoms with Gasteiger partial charge in [-0.15, -0.1) is 21.5 Å². The second-order valence-corrected chi connectivity index (χ2v) is 8.55. The molecule has 31 heavy (non-hydrogen) atoms. The van der Waals surface area contributed by atoms with Gasteiger partial charge >= 0.3 is 0 Å². The van der Waals surface area contributed by atoms with Gasteiger partial charge in [0.15, 0.2) is 21.9 Å². The average molecular weight is 454 g/mol. The fraction of sp³-hybridized carbons (Fsp3) is 0.273. The lowest BCUT2D eigenvalue weighted by atomic mass is 10.1. The molecular weight excluding hydrogens is 430 g/mol. The SMILES string of the molecule is CCc1ccccc1N(C(C)=O)c1nc(CSc2nnc(-c3ccco3)n2CC)cs1. The van der Waals surface area contributed by atoms with Crippen molar-refractivity contribution in [1.29, 1.82) is 0 Å². The maximum atomic E-state index is 12.5. The monoisotopic (exact) mass is 453 g/mol. The number of hydrogen-bond acceptors (Lipinski definition) is 7. The van der Waals surface area contributed by atoms with Crippen molar-refractivity contribution in [1.82, 2.24) is 19.7 Å². The smallest absolute Gasteiger partial charge is 0.230 e. The van der Waals surface area contributed by atoms with Crippen LogP contribution in [0.5, 0.6) is 0 Å². The van der Waals surface area contributed by atoms with Crippen LogP contribution in [0.25, 0.3) is 11.6 Å². The Kier molecular flexibility index (Phi) is 6.53. The predicted molar refractivity (Wildman–Crippen MR) is 124 cm³/mol. The normalized spacial score (nSPS) is 11.1. The number of thiazole rings is 1. The highest BCUT2D eigenvalue weighted by atomic mass is 32.2. The number of thioether (sulfide) groups is 1. The molecule has 4 rings (SSSR count). The first-order chi connectivity index (χ1) is 15.1. The third-order valence-corrected chi connectivity index (χ3v) is 6.66. The minimum atomic E-state index is -0.0525. The highest BCUT2D eigenvalue weighted by molar-refractivity contribution is 7.98. The zero-order valence-corrected chi connectivity index (χ0v) is 19.2. The van der Waals surface area contributed by atoms with Crippen molar-refractivity contribution < 1.29 is 9.21 Å². The molecule has 0 unspecified atom stereocenters. The first-order valence-corrected chi connectivity index (χ1v) is 11.9. The summed E-state index contributed by atoms with van der Waals surface area (Å²) < 4.78 is 7.49. The number of furan rings is 1. The van der Waals surface area contributed by atoms with Crippen molar-refractivity contribution in [3.63, 3.8) is 0 Å². The molecule has 0 bridgehead atoms. The van der Waals surface area contributed by atoms with E-state index in [1.54, 1.807) is 29.8 Å². The molecular formula is C22H23N5O2S2.